The maximum atomic E-state index is 12.9. The van der Waals surface area contributed by atoms with E-state index in [1.165, 1.54) is 23.7 Å². The summed E-state index contributed by atoms with van der Waals surface area (Å²) in [7, 11) is 0. The number of carbonyl (C=O) groups excluding carboxylic acids is 1. The minimum Gasteiger partial charge on any atom is -0.341 e. The number of benzene rings is 1. The van der Waals surface area contributed by atoms with Gasteiger partial charge in [0.05, 0.1) is 10.9 Å². The number of rotatable bonds is 4. The first kappa shape index (κ1) is 18.9. The van der Waals surface area contributed by atoms with Crippen LogP contribution in [0, 0.1) is 25.7 Å². The third-order valence-electron chi connectivity index (χ3n) is 5.06. The molecule has 0 aliphatic carbocycles. The zero-order valence-electron chi connectivity index (χ0n) is 16.1. The second-order valence-electron chi connectivity index (χ2n) is 7.54. The molecular weight excluding hydrogens is 346 g/mol. The van der Waals surface area contributed by atoms with Crippen LogP contribution < -0.4 is 0 Å². The summed E-state index contributed by atoms with van der Waals surface area (Å²) in [6, 6.07) is 6.07. The number of aryl methyl sites for hydroxylation is 1. The van der Waals surface area contributed by atoms with Gasteiger partial charge in [0.15, 0.2) is 0 Å². The normalized spacial score (nSPS) is 21.7. The summed E-state index contributed by atoms with van der Waals surface area (Å²) in [5.74, 6) is 1.28. The molecule has 2 heterocycles. The van der Waals surface area contributed by atoms with Crippen molar-refractivity contribution in [2.75, 3.05) is 13.1 Å². The average Bonchev–Trinajstić information content (AvgIpc) is 3.03. The number of thioether (sulfide) groups is 1. The summed E-state index contributed by atoms with van der Waals surface area (Å²) in [6.45, 7) is 12.2. The van der Waals surface area contributed by atoms with Crippen molar-refractivity contribution in [1.29, 1.82) is 0 Å². The number of carbonyl (C=O) groups is 1. The topological polar surface area (TPSA) is 63.9 Å². The Bertz CT molecular complexity index is 780. The summed E-state index contributed by atoms with van der Waals surface area (Å²) >= 11 is 1.43. The predicted molar refractivity (Wildman–Crippen MR) is 103 cm³/mol. The molecule has 0 N–H and O–H groups in total. The van der Waals surface area contributed by atoms with Crippen LogP contribution in [0.15, 0.2) is 23.4 Å². The maximum Gasteiger partial charge on any atom is 0.235 e. The number of hydrogen-bond donors (Lipinski definition) is 0. The van der Waals surface area contributed by atoms with Crippen molar-refractivity contribution in [3.05, 3.63) is 29.3 Å². The molecule has 1 aliphatic heterocycles. The molecule has 3 rings (SSSR count). The Morgan fingerprint density at radius 3 is 2.62 bits per heavy atom. The minimum atomic E-state index is -0.220. The predicted octanol–water partition coefficient (Wildman–Crippen LogP) is 3.26. The lowest BCUT2D eigenvalue weighted by atomic mass is 9.92. The fourth-order valence-electron chi connectivity index (χ4n) is 3.68. The molecule has 0 bridgehead atoms. The maximum absolute atomic E-state index is 12.9. The molecule has 26 heavy (non-hydrogen) atoms. The van der Waals surface area contributed by atoms with E-state index in [1.807, 2.05) is 24.0 Å². The molecule has 0 spiro atoms. The average molecular weight is 374 g/mol. The van der Waals surface area contributed by atoms with Gasteiger partial charge in [-0.1, -0.05) is 37.7 Å². The molecule has 6 nitrogen and oxygen atoms in total. The SMILES string of the molecule is Cc1cccc(-n2nnnc2SC(C)C(=O)N2CC(C)CC(C)C2)c1C. The van der Waals surface area contributed by atoms with E-state index in [4.69, 9.17) is 0 Å². The third kappa shape index (κ3) is 3.92. The Balaban J connectivity index is 1.76. The minimum absolute atomic E-state index is 0.170. The first-order valence-electron chi connectivity index (χ1n) is 9.17. The summed E-state index contributed by atoms with van der Waals surface area (Å²) in [5.41, 5.74) is 3.28. The highest BCUT2D eigenvalue weighted by Gasteiger charge is 2.29. The molecule has 1 saturated heterocycles. The highest BCUT2D eigenvalue weighted by Crippen LogP contribution is 2.28. The van der Waals surface area contributed by atoms with Crippen molar-refractivity contribution in [3.63, 3.8) is 0 Å². The number of aromatic nitrogens is 4. The quantitative estimate of drug-likeness (QED) is 0.770. The highest BCUT2D eigenvalue weighted by molar-refractivity contribution is 8.00. The number of likely N-dealkylation sites (tertiary alicyclic amines) is 1. The Morgan fingerprint density at radius 2 is 1.92 bits per heavy atom. The van der Waals surface area contributed by atoms with Gasteiger partial charge >= 0.3 is 0 Å². The van der Waals surface area contributed by atoms with Gasteiger partial charge in [0.2, 0.25) is 11.1 Å². The van der Waals surface area contributed by atoms with Crippen molar-refractivity contribution in [2.45, 2.75) is 51.4 Å². The molecule has 3 unspecified atom stereocenters. The fraction of sp³-hybridized carbons (Fsp3) is 0.579. The first-order valence-corrected chi connectivity index (χ1v) is 10.0. The Hall–Kier alpha value is -1.89. The van der Waals surface area contributed by atoms with Crippen LogP contribution in [0.3, 0.4) is 0 Å². The molecule has 7 heteroatoms. The van der Waals surface area contributed by atoms with Gasteiger partial charge < -0.3 is 4.90 Å². The van der Waals surface area contributed by atoms with E-state index in [9.17, 15) is 4.79 Å². The van der Waals surface area contributed by atoms with E-state index in [0.29, 0.717) is 17.0 Å². The summed E-state index contributed by atoms with van der Waals surface area (Å²) in [4.78, 5) is 14.9. The van der Waals surface area contributed by atoms with Crippen LogP contribution in [-0.4, -0.2) is 49.4 Å². The van der Waals surface area contributed by atoms with Gasteiger partial charge in [-0.05, 0) is 66.6 Å². The van der Waals surface area contributed by atoms with Crippen LogP contribution in [0.5, 0.6) is 0 Å². The van der Waals surface area contributed by atoms with E-state index < -0.39 is 0 Å². The molecule has 140 valence electrons. The Kier molecular flexibility index (Phi) is 5.65. The van der Waals surface area contributed by atoms with E-state index in [0.717, 1.165) is 24.3 Å². The number of nitrogens with zero attached hydrogens (tertiary/aromatic N) is 5. The molecule has 1 fully saturated rings. The molecule has 0 saturated carbocycles. The van der Waals surface area contributed by atoms with Gasteiger partial charge in [0.25, 0.3) is 0 Å². The zero-order chi connectivity index (χ0) is 18.8. The van der Waals surface area contributed by atoms with Crippen molar-refractivity contribution >= 4 is 17.7 Å². The van der Waals surface area contributed by atoms with Crippen molar-refractivity contribution in [3.8, 4) is 5.69 Å². The molecule has 3 atom stereocenters. The van der Waals surface area contributed by atoms with Gasteiger partial charge in [-0.25, -0.2) is 0 Å². The monoisotopic (exact) mass is 373 g/mol. The van der Waals surface area contributed by atoms with E-state index >= 15 is 0 Å². The van der Waals surface area contributed by atoms with Crippen molar-refractivity contribution < 1.29 is 4.79 Å². The van der Waals surface area contributed by atoms with E-state index in [-0.39, 0.29) is 11.2 Å². The van der Waals surface area contributed by atoms with Gasteiger partial charge in [-0.3, -0.25) is 4.79 Å². The second kappa shape index (κ2) is 7.78. The molecule has 2 aromatic rings. The fourth-order valence-corrected chi connectivity index (χ4v) is 4.56. The van der Waals surface area contributed by atoms with Crippen LogP contribution in [0.2, 0.25) is 0 Å². The first-order chi connectivity index (χ1) is 12.4. The third-order valence-corrected chi connectivity index (χ3v) is 6.08. The smallest absolute Gasteiger partial charge is 0.235 e. The number of amides is 1. The molecule has 1 aromatic heterocycles. The van der Waals surface area contributed by atoms with Crippen LogP contribution in [0.25, 0.3) is 5.69 Å². The molecule has 0 radical (unpaired) electrons. The van der Waals surface area contributed by atoms with Crippen LogP contribution >= 0.6 is 11.8 Å². The van der Waals surface area contributed by atoms with Crippen molar-refractivity contribution in [1.82, 2.24) is 25.1 Å². The van der Waals surface area contributed by atoms with E-state index in [1.54, 1.807) is 4.68 Å². The van der Waals surface area contributed by atoms with Crippen LogP contribution in [-0.2, 0) is 4.79 Å². The van der Waals surface area contributed by atoms with Gasteiger partial charge in [-0.2, -0.15) is 4.68 Å². The molecule has 1 amide bonds. The molecular formula is C19H27N5OS. The lowest BCUT2D eigenvalue weighted by Gasteiger charge is -2.36. The molecule has 1 aliphatic rings. The molecule has 1 aromatic carbocycles. The van der Waals surface area contributed by atoms with Gasteiger partial charge in [0, 0.05) is 13.1 Å². The van der Waals surface area contributed by atoms with E-state index in [2.05, 4.69) is 49.3 Å². The Morgan fingerprint density at radius 1 is 1.23 bits per heavy atom. The van der Waals surface area contributed by atoms with Crippen LogP contribution in [0.4, 0.5) is 0 Å². The lowest BCUT2D eigenvalue weighted by Crippen LogP contribution is -2.45. The summed E-state index contributed by atoms with van der Waals surface area (Å²) < 4.78 is 1.73. The highest BCUT2D eigenvalue weighted by atomic mass is 32.2. The summed E-state index contributed by atoms with van der Waals surface area (Å²) in [5, 5.41) is 12.6. The number of hydrogen-bond acceptors (Lipinski definition) is 5. The van der Waals surface area contributed by atoms with Crippen LogP contribution in [0.1, 0.15) is 38.3 Å². The largest absolute Gasteiger partial charge is 0.341 e. The Labute approximate surface area is 159 Å². The number of piperidine rings is 1. The zero-order valence-corrected chi connectivity index (χ0v) is 17.0. The van der Waals surface area contributed by atoms with Gasteiger partial charge in [0.1, 0.15) is 0 Å². The second-order valence-corrected chi connectivity index (χ2v) is 8.85. The lowest BCUT2D eigenvalue weighted by molar-refractivity contribution is -0.132. The van der Waals surface area contributed by atoms with Gasteiger partial charge in [-0.15, -0.1) is 5.10 Å². The number of tetrazole rings is 1. The standard InChI is InChI=1S/C19H27N5OS/c1-12-9-13(2)11-23(10-12)18(25)16(5)26-19-20-21-22-24(19)17-8-6-7-14(3)15(17)4/h6-8,12-13,16H,9-11H2,1-5H3. The summed E-state index contributed by atoms with van der Waals surface area (Å²) in [6.07, 6.45) is 1.19. The van der Waals surface area contributed by atoms with Crippen molar-refractivity contribution in [2.24, 2.45) is 11.8 Å².